The molecule has 0 bridgehead atoms. The molecule has 0 heterocycles. The Morgan fingerprint density at radius 1 is 1.17 bits per heavy atom. The smallest absolute Gasteiger partial charge is 0.232 e. The predicted octanol–water partition coefficient (Wildman–Crippen LogP) is 3.94. The van der Waals surface area contributed by atoms with Gasteiger partial charge in [0, 0.05) is 6.42 Å². The second kappa shape index (κ2) is 6.13. The first-order chi connectivity index (χ1) is 11.5. The highest BCUT2D eigenvalue weighted by atomic mass is 16.1. The van der Waals surface area contributed by atoms with E-state index >= 15 is 0 Å². The van der Waals surface area contributed by atoms with Crippen molar-refractivity contribution in [2.45, 2.75) is 38.5 Å². The van der Waals surface area contributed by atoms with Crippen LogP contribution in [0.15, 0.2) is 42.5 Å². The number of benzene rings is 2. The largest absolute Gasteiger partial charge is 0.369 e. The van der Waals surface area contributed by atoms with Gasteiger partial charge in [-0.25, -0.2) is 0 Å². The third kappa shape index (κ3) is 2.30. The summed E-state index contributed by atoms with van der Waals surface area (Å²) < 4.78 is 0. The summed E-state index contributed by atoms with van der Waals surface area (Å²) in [7, 11) is 0. The van der Waals surface area contributed by atoms with Gasteiger partial charge in [0.25, 0.3) is 0 Å². The van der Waals surface area contributed by atoms with E-state index < -0.39 is 5.41 Å². The first kappa shape index (κ1) is 16.3. The number of nitrogens with two attached hydrogens (primary N) is 1. The highest BCUT2D eigenvalue weighted by Crippen LogP contribution is 2.52. The maximum absolute atomic E-state index is 12.7. The van der Waals surface area contributed by atoms with E-state index in [-0.39, 0.29) is 5.91 Å². The lowest BCUT2D eigenvalue weighted by molar-refractivity contribution is -0.122. The molecule has 1 atom stereocenters. The van der Waals surface area contributed by atoms with E-state index in [1.807, 2.05) is 24.3 Å². The zero-order chi connectivity index (χ0) is 17.3. The number of hydrogen-bond acceptors (Lipinski definition) is 2. The van der Waals surface area contributed by atoms with Crippen molar-refractivity contribution in [2.75, 3.05) is 0 Å². The van der Waals surface area contributed by atoms with Crippen molar-refractivity contribution < 1.29 is 4.79 Å². The van der Waals surface area contributed by atoms with Gasteiger partial charge in [0.2, 0.25) is 5.91 Å². The number of rotatable bonds is 5. The monoisotopic (exact) mass is 318 g/mol. The summed E-state index contributed by atoms with van der Waals surface area (Å²) in [5.41, 5.74) is 10.3. The van der Waals surface area contributed by atoms with E-state index in [2.05, 4.69) is 38.1 Å². The average Bonchev–Trinajstić information content (AvgIpc) is 2.85. The van der Waals surface area contributed by atoms with Gasteiger partial charge < -0.3 is 5.73 Å². The molecule has 24 heavy (non-hydrogen) atoms. The minimum Gasteiger partial charge on any atom is -0.369 e. The van der Waals surface area contributed by atoms with Crippen LogP contribution in [-0.4, -0.2) is 5.91 Å². The van der Waals surface area contributed by atoms with Crippen molar-refractivity contribution >= 4 is 5.91 Å². The molecule has 122 valence electrons. The number of hydrogen-bond donors (Lipinski definition) is 1. The molecular weight excluding hydrogens is 296 g/mol. The molecule has 2 aromatic carbocycles. The van der Waals surface area contributed by atoms with Crippen LogP contribution in [0.3, 0.4) is 0 Å². The molecule has 2 aromatic rings. The van der Waals surface area contributed by atoms with Gasteiger partial charge in [-0.1, -0.05) is 56.3 Å². The van der Waals surface area contributed by atoms with Crippen molar-refractivity contribution in [3.63, 3.8) is 0 Å². The van der Waals surface area contributed by atoms with Gasteiger partial charge in [0.1, 0.15) is 5.41 Å². The fourth-order valence-corrected chi connectivity index (χ4v) is 4.05. The summed E-state index contributed by atoms with van der Waals surface area (Å²) >= 11 is 0. The molecule has 0 spiro atoms. The van der Waals surface area contributed by atoms with Crippen LogP contribution < -0.4 is 5.73 Å². The third-order valence-electron chi connectivity index (χ3n) is 4.92. The first-order valence-corrected chi connectivity index (χ1v) is 8.41. The van der Waals surface area contributed by atoms with Gasteiger partial charge in [-0.15, -0.1) is 0 Å². The van der Waals surface area contributed by atoms with Crippen LogP contribution in [0, 0.1) is 17.2 Å². The molecule has 0 aromatic heterocycles. The molecular formula is C21H22N2O. The third-order valence-corrected chi connectivity index (χ3v) is 4.92. The Balaban J connectivity index is 2.34. The number of fused-ring (bicyclic) bond motifs is 3. The minimum absolute atomic E-state index is 0.298. The van der Waals surface area contributed by atoms with Crippen molar-refractivity contribution in [3.8, 4) is 17.2 Å². The van der Waals surface area contributed by atoms with Gasteiger partial charge in [0.05, 0.1) is 6.07 Å². The zero-order valence-corrected chi connectivity index (χ0v) is 14.2. The van der Waals surface area contributed by atoms with Gasteiger partial charge >= 0.3 is 0 Å². The molecule has 1 aliphatic rings. The van der Waals surface area contributed by atoms with Gasteiger partial charge in [0.15, 0.2) is 0 Å². The Kier molecular flexibility index (Phi) is 4.15. The van der Waals surface area contributed by atoms with E-state index in [1.54, 1.807) is 0 Å². The second-order valence-corrected chi connectivity index (χ2v) is 6.91. The molecule has 0 saturated carbocycles. The van der Waals surface area contributed by atoms with Crippen LogP contribution in [0.1, 0.15) is 43.4 Å². The number of carbonyl (C=O) groups excluding carboxylic acids is 1. The van der Waals surface area contributed by atoms with Crippen LogP contribution in [0.2, 0.25) is 0 Å². The van der Waals surface area contributed by atoms with Crippen LogP contribution in [0.5, 0.6) is 0 Å². The summed E-state index contributed by atoms with van der Waals surface area (Å²) in [5, 5.41) is 9.13. The number of carbonyl (C=O) groups is 1. The van der Waals surface area contributed by atoms with Crippen molar-refractivity contribution in [3.05, 3.63) is 59.2 Å². The topological polar surface area (TPSA) is 66.9 Å². The Labute approximate surface area is 143 Å². The molecule has 3 heteroatoms. The van der Waals surface area contributed by atoms with Crippen LogP contribution in [-0.2, 0) is 16.6 Å². The molecule has 0 radical (unpaired) electrons. The van der Waals surface area contributed by atoms with Gasteiger partial charge in [-0.2, -0.15) is 5.26 Å². The molecule has 0 fully saturated rings. The number of primary amides is 1. The first-order valence-electron chi connectivity index (χ1n) is 8.41. The lowest BCUT2D eigenvalue weighted by Gasteiger charge is -2.30. The van der Waals surface area contributed by atoms with Gasteiger partial charge in [-0.3, -0.25) is 4.79 Å². The fraction of sp³-hybridized carbons (Fsp3) is 0.333. The van der Waals surface area contributed by atoms with Crippen molar-refractivity contribution in [2.24, 2.45) is 11.7 Å². The summed E-state index contributed by atoms with van der Waals surface area (Å²) in [6.07, 6.45) is 1.61. The minimum atomic E-state index is -0.896. The average molecular weight is 318 g/mol. The number of nitrogens with zero attached hydrogens (tertiary/aromatic N) is 1. The number of amides is 1. The summed E-state index contributed by atoms with van der Waals surface area (Å²) in [4.78, 5) is 12.7. The molecule has 1 amide bonds. The Morgan fingerprint density at radius 3 is 2.54 bits per heavy atom. The zero-order valence-electron chi connectivity index (χ0n) is 14.2. The van der Waals surface area contributed by atoms with Crippen LogP contribution in [0.4, 0.5) is 0 Å². The normalized spacial score (nSPS) is 18.1. The molecule has 0 saturated heterocycles. The molecule has 2 N–H and O–H groups in total. The highest BCUT2D eigenvalue weighted by Gasteiger charge is 2.48. The Hall–Kier alpha value is -2.60. The standard InChI is InChI=1S/C21H22N2O/c1-14(2)13-15-7-5-9-17-16-8-3-4-10-18(16)21(19(15)17,20(23)24)11-6-12-22/h3-5,7-10,14H,6,11,13H2,1-2H3,(H2,23,24). The van der Waals surface area contributed by atoms with Crippen LogP contribution >= 0.6 is 0 Å². The summed E-state index contributed by atoms with van der Waals surface area (Å²) in [5.74, 6) is 0.113. The summed E-state index contributed by atoms with van der Waals surface area (Å²) in [6, 6.07) is 16.4. The van der Waals surface area contributed by atoms with Crippen molar-refractivity contribution in [1.82, 2.24) is 0 Å². The molecule has 0 aliphatic heterocycles. The van der Waals surface area contributed by atoms with Crippen molar-refractivity contribution in [1.29, 1.82) is 5.26 Å². The lowest BCUT2D eigenvalue weighted by atomic mass is 9.71. The summed E-state index contributed by atoms with van der Waals surface area (Å²) in [6.45, 7) is 4.34. The predicted molar refractivity (Wildman–Crippen MR) is 95.2 cm³/mol. The molecule has 3 nitrogen and oxygen atoms in total. The second-order valence-electron chi connectivity index (χ2n) is 6.91. The molecule has 3 rings (SSSR count). The highest BCUT2D eigenvalue weighted by molar-refractivity contribution is 6.00. The lowest BCUT2D eigenvalue weighted by Crippen LogP contribution is -2.41. The van der Waals surface area contributed by atoms with E-state index in [0.717, 1.165) is 34.2 Å². The Morgan fingerprint density at radius 2 is 1.88 bits per heavy atom. The van der Waals surface area contributed by atoms with E-state index in [1.165, 1.54) is 0 Å². The Bertz CT molecular complexity index is 832. The van der Waals surface area contributed by atoms with E-state index in [0.29, 0.717) is 18.8 Å². The SMILES string of the molecule is CC(C)Cc1cccc2c1C(CCC#N)(C(N)=O)c1ccccc1-2. The quantitative estimate of drug-likeness (QED) is 0.907. The molecule has 1 unspecified atom stereocenters. The maximum Gasteiger partial charge on any atom is 0.232 e. The molecule has 1 aliphatic carbocycles. The van der Waals surface area contributed by atoms with Gasteiger partial charge in [-0.05, 0) is 46.6 Å². The van der Waals surface area contributed by atoms with Crippen LogP contribution in [0.25, 0.3) is 11.1 Å². The fourth-order valence-electron chi connectivity index (χ4n) is 4.05. The maximum atomic E-state index is 12.7. The van der Waals surface area contributed by atoms with E-state index in [9.17, 15) is 4.79 Å². The van der Waals surface area contributed by atoms with E-state index in [4.69, 9.17) is 11.0 Å². The number of nitriles is 1.